The van der Waals surface area contributed by atoms with Crippen molar-refractivity contribution in [2.45, 2.75) is 31.8 Å². The minimum atomic E-state index is 0.562. The van der Waals surface area contributed by atoms with Crippen molar-refractivity contribution in [3.8, 4) is 5.75 Å². The molecule has 0 saturated carbocycles. The van der Waals surface area contributed by atoms with E-state index in [2.05, 4.69) is 38.2 Å². The fraction of sp³-hybridized carbons (Fsp3) is 0.400. The Kier molecular flexibility index (Phi) is 5.02. The summed E-state index contributed by atoms with van der Waals surface area (Å²) in [6.45, 7) is 3.91. The summed E-state index contributed by atoms with van der Waals surface area (Å²) in [5.74, 6) is 2.61. The van der Waals surface area contributed by atoms with Gasteiger partial charge in [-0.25, -0.2) is 4.98 Å². The summed E-state index contributed by atoms with van der Waals surface area (Å²) < 4.78 is 7.46. The van der Waals surface area contributed by atoms with Crippen molar-refractivity contribution in [1.29, 1.82) is 0 Å². The van der Waals surface area contributed by atoms with Gasteiger partial charge in [-0.15, -0.1) is 0 Å². The number of ether oxygens (including phenoxy) is 1. The number of piperidine rings is 1. The largest absolute Gasteiger partial charge is 0.496 e. The molecule has 1 aromatic carbocycles. The molecule has 0 amide bonds. The molecule has 2 aromatic heterocycles. The van der Waals surface area contributed by atoms with Gasteiger partial charge < -0.3 is 9.72 Å². The third-order valence-corrected chi connectivity index (χ3v) is 5.14. The van der Waals surface area contributed by atoms with Crippen molar-refractivity contribution >= 4 is 0 Å². The number of nitrogens with one attached hydrogen (secondary N) is 1. The smallest absolute Gasteiger partial charge is 0.123 e. The highest BCUT2D eigenvalue weighted by Gasteiger charge is 2.22. The van der Waals surface area contributed by atoms with E-state index in [-0.39, 0.29) is 0 Å². The molecule has 0 spiro atoms. The molecular formula is C20H25N5O. The number of aromatic nitrogens is 4. The van der Waals surface area contributed by atoms with Crippen LogP contribution in [0.3, 0.4) is 0 Å². The number of H-pyrrole nitrogens is 1. The summed E-state index contributed by atoms with van der Waals surface area (Å²) in [4.78, 5) is 10.2. The second-order valence-corrected chi connectivity index (χ2v) is 6.87. The molecule has 0 radical (unpaired) electrons. The lowest BCUT2D eigenvalue weighted by Gasteiger charge is -2.31. The monoisotopic (exact) mass is 351 g/mol. The molecule has 0 aliphatic carbocycles. The van der Waals surface area contributed by atoms with Gasteiger partial charge in [-0.05, 0) is 49.7 Å². The van der Waals surface area contributed by atoms with Gasteiger partial charge in [0.15, 0.2) is 0 Å². The molecule has 3 heterocycles. The lowest BCUT2D eigenvalue weighted by molar-refractivity contribution is 0.202. The number of methoxy groups -OCH3 is 1. The molecule has 0 bridgehead atoms. The summed E-state index contributed by atoms with van der Waals surface area (Å²) in [6, 6.07) is 8.44. The van der Waals surface area contributed by atoms with E-state index < -0.39 is 0 Å². The average Bonchev–Trinajstić information content (AvgIpc) is 3.37. The van der Waals surface area contributed by atoms with Gasteiger partial charge >= 0.3 is 0 Å². The number of hydrogen-bond donors (Lipinski definition) is 1. The molecule has 0 atom stereocenters. The Morgan fingerprint density at radius 2 is 2.08 bits per heavy atom. The Morgan fingerprint density at radius 1 is 1.19 bits per heavy atom. The predicted octanol–water partition coefficient (Wildman–Crippen LogP) is 3.04. The maximum atomic E-state index is 5.53. The van der Waals surface area contributed by atoms with Gasteiger partial charge in [0.25, 0.3) is 0 Å². The molecule has 1 aliphatic rings. The molecule has 6 nitrogen and oxygen atoms in total. The van der Waals surface area contributed by atoms with E-state index in [1.807, 2.05) is 29.3 Å². The van der Waals surface area contributed by atoms with Crippen LogP contribution in [0.2, 0.25) is 0 Å². The van der Waals surface area contributed by atoms with Gasteiger partial charge in [0.1, 0.15) is 11.6 Å². The molecule has 1 N–H and O–H groups in total. The van der Waals surface area contributed by atoms with Gasteiger partial charge in [-0.3, -0.25) is 9.58 Å². The van der Waals surface area contributed by atoms with Crippen LogP contribution in [0.25, 0.3) is 0 Å². The standard InChI is InChI=1S/C20H25N5O/c1-26-19-4-3-16(13-18(19)15-25-10-2-7-23-25)14-24-11-5-17(6-12-24)20-21-8-9-22-20/h2-4,7-10,13,17H,5-6,11-12,14-15H2,1H3,(H,21,22). The predicted molar refractivity (Wildman–Crippen MR) is 100 cm³/mol. The lowest BCUT2D eigenvalue weighted by atomic mass is 9.95. The fourth-order valence-electron chi connectivity index (χ4n) is 3.75. The van der Waals surface area contributed by atoms with Crippen LogP contribution in [0.4, 0.5) is 0 Å². The van der Waals surface area contributed by atoms with Crippen LogP contribution >= 0.6 is 0 Å². The SMILES string of the molecule is COc1ccc(CN2CCC(c3ncc[nH]3)CC2)cc1Cn1cccn1. The van der Waals surface area contributed by atoms with Crippen LogP contribution in [-0.2, 0) is 13.1 Å². The molecule has 1 saturated heterocycles. The number of hydrogen-bond acceptors (Lipinski definition) is 4. The highest BCUT2D eigenvalue weighted by molar-refractivity contribution is 5.37. The van der Waals surface area contributed by atoms with E-state index in [9.17, 15) is 0 Å². The van der Waals surface area contributed by atoms with Crippen molar-refractivity contribution in [2.24, 2.45) is 0 Å². The zero-order valence-corrected chi connectivity index (χ0v) is 15.1. The van der Waals surface area contributed by atoms with Crippen molar-refractivity contribution < 1.29 is 4.74 Å². The molecule has 0 unspecified atom stereocenters. The topological polar surface area (TPSA) is 59.0 Å². The third kappa shape index (κ3) is 3.80. The molecule has 6 heteroatoms. The van der Waals surface area contributed by atoms with Crippen LogP contribution in [0, 0.1) is 0 Å². The van der Waals surface area contributed by atoms with E-state index in [1.54, 1.807) is 13.3 Å². The maximum Gasteiger partial charge on any atom is 0.123 e. The molecular weight excluding hydrogens is 326 g/mol. The first-order chi connectivity index (χ1) is 12.8. The van der Waals surface area contributed by atoms with Crippen LogP contribution in [-0.4, -0.2) is 44.8 Å². The average molecular weight is 351 g/mol. The van der Waals surface area contributed by atoms with Crippen molar-refractivity contribution in [1.82, 2.24) is 24.6 Å². The molecule has 3 aromatic rings. The Morgan fingerprint density at radius 3 is 2.77 bits per heavy atom. The van der Waals surface area contributed by atoms with E-state index in [1.165, 1.54) is 11.1 Å². The summed E-state index contributed by atoms with van der Waals surface area (Å²) >= 11 is 0. The normalized spacial score (nSPS) is 16.0. The molecule has 136 valence electrons. The Bertz CT molecular complexity index is 805. The summed E-state index contributed by atoms with van der Waals surface area (Å²) in [5, 5.41) is 4.31. The van der Waals surface area contributed by atoms with E-state index in [4.69, 9.17) is 4.74 Å². The zero-order valence-electron chi connectivity index (χ0n) is 15.1. The number of nitrogens with zero attached hydrogens (tertiary/aromatic N) is 4. The highest BCUT2D eigenvalue weighted by Crippen LogP contribution is 2.27. The second-order valence-electron chi connectivity index (χ2n) is 6.87. The summed E-state index contributed by atoms with van der Waals surface area (Å²) in [5.41, 5.74) is 2.49. The van der Waals surface area contributed by atoms with Crippen LogP contribution in [0.1, 0.15) is 35.7 Å². The minimum Gasteiger partial charge on any atom is -0.496 e. The van der Waals surface area contributed by atoms with Crippen LogP contribution < -0.4 is 4.74 Å². The van der Waals surface area contributed by atoms with Gasteiger partial charge in [0.05, 0.1) is 13.7 Å². The molecule has 4 rings (SSSR count). The Labute approximate surface area is 153 Å². The van der Waals surface area contributed by atoms with Gasteiger partial charge in [-0.2, -0.15) is 5.10 Å². The first-order valence-electron chi connectivity index (χ1n) is 9.16. The highest BCUT2D eigenvalue weighted by atomic mass is 16.5. The van der Waals surface area contributed by atoms with Crippen LogP contribution in [0.15, 0.2) is 49.1 Å². The summed E-state index contributed by atoms with van der Waals surface area (Å²) in [6.07, 6.45) is 9.86. The number of likely N-dealkylation sites (tertiary alicyclic amines) is 1. The van der Waals surface area contributed by atoms with Gasteiger partial charge in [0, 0.05) is 42.8 Å². The Hall–Kier alpha value is -2.60. The molecule has 1 aliphatic heterocycles. The number of rotatable bonds is 6. The van der Waals surface area contributed by atoms with E-state index in [0.29, 0.717) is 5.92 Å². The van der Waals surface area contributed by atoms with Gasteiger partial charge in [0.2, 0.25) is 0 Å². The second kappa shape index (κ2) is 7.74. The van der Waals surface area contributed by atoms with E-state index >= 15 is 0 Å². The van der Waals surface area contributed by atoms with Crippen LogP contribution in [0.5, 0.6) is 5.75 Å². The van der Waals surface area contributed by atoms with E-state index in [0.717, 1.165) is 50.6 Å². The number of imidazole rings is 1. The molecule has 1 fully saturated rings. The lowest BCUT2D eigenvalue weighted by Crippen LogP contribution is -2.32. The van der Waals surface area contributed by atoms with Crippen molar-refractivity contribution in [3.63, 3.8) is 0 Å². The van der Waals surface area contributed by atoms with Crippen molar-refractivity contribution in [3.05, 3.63) is 66.0 Å². The molecule has 26 heavy (non-hydrogen) atoms. The summed E-state index contributed by atoms with van der Waals surface area (Å²) in [7, 11) is 1.72. The zero-order chi connectivity index (χ0) is 17.8. The van der Waals surface area contributed by atoms with Crippen molar-refractivity contribution in [2.75, 3.05) is 20.2 Å². The number of benzene rings is 1. The first-order valence-corrected chi connectivity index (χ1v) is 9.16. The maximum absolute atomic E-state index is 5.53. The fourth-order valence-corrected chi connectivity index (χ4v) is 3.75. The quantitative estimate of drug-likeness (QED) is 0.742. The third-order valence-electron chi connectivity index (χ3n) is 5.14. The van der Waals surface area contributed by atoms with Gasteiger partial charge in [-0.1, -0.05) is 6.07 Å². The Balaban J connectivity index is 1.40. The minimum absolute atomic E-state index is 0.562. The first kappa shape index (κ1) is 16.8. The number of aromatic amines is 1.